The zero-order valence-electron chi connectivity index (χ0n) is 14.6. The molecule has 1 saturated heterocycles. The van der Waals surface area contributed by atoms with E-state index in [2.05, 4.69) is 0 Å². The lowest BCUT2D eigenvalue weighted by Crippen LogP contribution is -2.61. The van der Waals surface area contributed by atoms with Gasteiger partial charge in [-0.15, -0.1) is 0 Å². The molecule has 1 heterocycles. The molecule has 5 atom stereocenters. The topological polar surface area (TPSA) is 97.6 Å². The minimum atomic E-state index is -1.41. The summed E-state index contributed by atoms with van der Waals surface area (Å²) in [5.74, 6) is 0.819. The quantitative estimate of drug-likeness (QED) is 0.624. The molecule has 0 unspecified atom stereocenters. The summed E-state index contributed by atoms with van der Waals surface area (Å²) in [6.45, 7) is -0.513. The van der Waals surface area contributed by atoms with E-state index >= 15 is 0 Å². The summed E-state index contributed by atoms with van der Waals surface area (Å²) in [4.78, 5) is 0. The summed E-state index contributed by atoms with van der Waals surface area (Å²) in [6, 6.07) is 15.1. The third kappa shape index (κ3) is 5.11. The van der Waals surface area contributed by atoms with E-state index in [1.807, 2.05) is 6.07 Å². The van der Waals surface area contributed by atoms with E-state index in [9.17, 15) is 15.3 Å². The molecule has 0 bridgehead atoms. The van der Waals surface area contributed by atoms with Crippen LogP contribution in [0.15, 0.2) is 54.6 Å². The van der Waals surface area contributed by atoms with E-state index in [0.29, 0.717) is 16.5 Å². The molecular weight excluding hydrogens is 408 g/mol. The van der Waals surface area contributed by atoms with Gasteiger partial charge < -0.3 is 34.3 Å². The third-order valence-electron chi connectivity index (χ3n) is 4.06. The Hall–Kier alpha value is -1.94. The lowest BCUT2D eigenvalue weighted by molar-refractivity contribution is -0.275. The number of hydrogen-bond donors (Lipinski definition) is 3. The maximum absolute atomic E-state index is 10.6. The van der Waals surface area contributed by atoms with Crippen molar-refractivity contribution in [2.45, 2.75) is 30.7 Å². The van der Waals surface area contributed by atoms with Gasteiger partial charge in [0.05, 0.1) is 6.61 Å². The minimum Gasteiger partial charge on any atom is -0.462 e. The standard InChI is InChI=1S/C19H19ClO7S/c20-11-6-8-13(9-7-11)24-18-16(23)17(15(22)14(10-21)26-18)27-19(28)25-12-4-2-1-3-5-12/h1-9,14-18,21-23H,10H2/t14-,15-,16+,17+,18-/m1/s1. The number of hydrogen-bond acceptors (Lipinski definition) is 8. The van der Waals surface area contributed by atoms with Crippen molar-refractivity contribution in [1.29, 1.82) is 0 Å². The molecule has 0 amide bonds. The van der Waals surface area contributed by atoms with Crippen LogP contribution in [-0.4, -0.2) is 57.9 Å². The maximum Gasteiger partial charge on any atom is 0.358 e. The van der Waals surface area contributed by atoms with Crippen LogP contribution >= 0.6 is 23.8 Å². The smallest absolute Gasteiger partial charge is 0.358 e. The predicted octanol–water partition coefficient (Wildman–Crippen LogP) is 1.91. The van der Waals surface area contributed by atoms with Crippen molar-refractivity contribution in [1.82, 2.24) is 0 Å². The molecule has 3 rings (SSSR count). The van der Waals surface area contributed by atoms with Crippen LogP contribution in [0, 0.1) is 0 Å². The Balaban J connectivity index is 1.70. The van der Waals surface area contributed by atoms with Gasteiger partial charge in [-0.3, -0.25) is 0 Å². The average Bonchev–Trinajstić information content (AvgIpc) is 2.69. The molecule has 0 aromatic heterocycles. The molecule has 0 saturated carbocycles. The molecule has 9 heteroatoms. The van der Waals surface area contributed by atoms with Crippen LogP contribution in [-0.2, 0) is 9.47 Å². The van der Waals surface area contributed by atoms with E-state index in [-0.39, 0.29) is 5.24 Å². The third-order valence-corrected chi connectivity index (χ3v) is 4.50. The first kappa shape index (κ1) is 20.8. The largest absolute Gasteiger partial charge is 0.462 e. The van der Waals surface area contributed by atoms with E-state index in [0.717, 1.165) is 0 Å². The zero-order chi connectivity index (χ0) is 20.1. The number of thiocarbonyl (C=S) groups is 1. The maximum atomic E-state index is 10.6. The first-order valence-corrected chi connectivity index (χ1v) is 9.24. The van der Waals surface area contributed by atoms with Crippen molar-refractivity contribution < 1.29 is 34.3 Å². The number of ether oxygens (including phenoxy) is 4. The van der Waals surface area contributed by atoms with Crippen LogP contribution in [0.25, 0.3) is 0 Å². The number of rotatable bonds is 5. The summed E-state index contributed by atoms with van der Waals surface area (Å²) in [7, 11) is 0. The van der Waals surface area contributed by atoms with Crippen LogP contribution in [0.2, 0.25) is 5.02 Å². The van der Waals surface area contributed by atoms with Gasteiger partial charge in [0.2, 0.25) is 6.29 Å². The summed E-state index contributed by atoms with van der Waals surface area (Å²) in [5, 5.41) is 30.7. The molecule has 0 aliphatic carbocycles. The van der Waals surface area contributed by atoms with Gasteiger partial charge in [0, 0.05) is 17.2 Å². The zero-order valence-corrected chi connectivity index (χ0v) is 16.1. The van der Waals surface area contributed by atoms with Crippen molar-refractivity contribution >= 4 is 29.1 Å². The van der Waals surface area contributed by atoms with Crippen molar-refractivity contribution in [3.63, 3.8) is 0 Å². The first-order chi connectivity index (χ1) is 13.5. The highest BCUT2D eigenvalue weighted by molar-refractivity contribution is 7.79. The highest BCUT2D eigenvalue weighted by atomic mass is 35.5. The monoisotopic (exact) mass is 426 g/mol. The van der Waals surface area contributed by atoms with Gasteiger partial charge in [-0.1, -0.05) is 29.8 Å². The Bertz CT molecular complexity index is 774. The molecular formula is C19H19ClO7S. The molecule has 0 radical (unpaired) electrons. The first-order valence-electron chi connectivity index (χ1n) is 8.46. The van der Waals surface area contributed by atoms with Crippen LogP contribution in [0.4, 0.5) is 0 Å². The van der Waals surface area contributed by atoms with Crippen molar-refractivity contribution in [2.24, 2.45) is 0 Å². The van der Waals surface area contributed by atoms with Gasteiger partial charge >= 0.3 is 5.24 Å². The molecule has 0 spiro atoms. The second-order valence-electron chi connectivity index (χ2n) is 6.03. The Kier molecular flexibility index (Phi) is 7.06. The number of benzene rings is 2. The average molecular weight is 427 g/mol. The molecule has 2 aromatic rings. The molecule has 1 aliphatic rings. The van der Waals surface area contributed by atoms with Crippen LogP contribution in [0.3, 0.4) is 0 Å². The van der Waals surface area contributed by atoms with Crippen molar-refractivity contribution in [2.75, 3.05) is 6.61 Å². The summed E-state index contributed by atoms with van der Waals surface area (Å²) >= 11 is 10.9. The second kappa shape index (κ2) is 9.51. The molecule has 3 N–H and O–H groups in total. The van der Waals surface area contributed by atoms with Crippen molar-refractivity contribution in [3.05, 3.63) is 59.6 Å². The van der Waals surface area contributed by atoms with Crippen LogP contribution in [0.1, 0.15) is 0 Å². The molecule has 7 nitrogen and oxygen atoms in total. The SMILES string of the molecule is OC[C@H]1O[C@@H](Oc2ccc(Cl)cc2)[C@@H](O)[C@@H](OC(=S)Oc2ccccc2)[C@@H]1O. The highest BCUT2D eigenvalue weighted by Crippen LogP contribution is 2.27. The summed E-state index contributed by atoms with van der Waals surface area (Å²) in [5.41, 5.74) is 0. The normalized spacial score (nSPS) is 27.1. The molecule has 1 fully saturated rings. The van der Waals surface area contributed by atoms with Crippen molar-refractivity contribution in [3.8, 4) is 11.5 Å². The molecule has 150 valence electrons. The number of aliphatic hydroxyl groups is 3. The number of para-hydroxylation sites is 1. The highest BCUT2D eigenvalue weighted by Gasteiger charge is 2.47. The van der Waals surface area contributed by atoms with Gasteiger partial charge in [0.15, 0.2) is 12.2 Å². The lowest BCUT2D eigenvalue weighted by Gasteiger charge is -2.41. The summed E-state index contributed by atoms with van der Waals surface area (Å²) < 4.78 is 21.9. The summed E-state index contributed by atoms with van der Waals surface area (Å²) in [6.07, 6.45) is -6.27. The van der Waals surface area contributed by atoms with Crippen LogP contribution in [0.5, 0.6) is 11.5 Å². The lowest BCUT2D eigenvalue weighted by atomic mass is 9.99. The van der Waals surface area contributed by atoms with E-state index in [1.54, 1.807) is 48.5 Å². The van der Waals surface area contributed by atoms with Gasteiger partial charge in [0.25, 0.3) is 0 Å². The molecule has 1 aliphatic heterocycles. The van der Waals surface area contributed by atoms with E-state index < -0.39 is 37.3 Å². The Morgan fingerprint density at radius 1 is 1.00 bits per heavy atom. The van der Waals surface area contributed by atoms with Gasteiger partial charge in [0.1, 0.15) is 23.7 Å². The van der Waals surface area contributed by atoms with Gasteiger partial charge in [-0.25, -0.2) is 0 Å². The minimum absolute atomic E-state index is 0.293. The number of aliphatic hydroxyl groups excluding tert-OH is 3. The Morgan fingerprint density at radius 3 is 2.32 bits per heavy atom. The second-order valence-corrected chi connectivity index (χ2v) is 6.80. The Labute approximate surface area is 172 Å². The predicted molar refractivity (Wildman–Crippen MR) is 104 cm³/mol. The molecule has 2 aromatic carbocycles. The Morgan fingerprint density at radius 2 is 1.68 bits per heavy atom. The fourth-order valence-corrected chi connectivity index (χ4v) is 2.99. The van der Waals surface area contributed by atoms with Gasteiger partial charge in [-0.05, 0) is 36.4 Å². The van der Waals surface area contributed by atoms with Gasteiger partial charge in [-0.2, -0.15) is 0 Å². The van der Waals surface area contributed by atoms with Crippen LogP contribution < -0.4 is 9.47 Å². The fraction of sp³-hybridized carbons (Fsp3) is 0.316. The molecule has 28 heavy (non-hydrogen) atoms. The van der Waals surface area contributed by atoms with E-state index in [1.165, 1.54) is 0 Å². The fourth-order valence-electron chi connectivity index (χ4n) is 2.66. The van der Waals surface area contributed by atoms with E-state index in [4.69, 9.17) is 42.8 Å². The number of halogens is 1.